The summed E-state index contributed by atoms with van der Waals surface area (Å²) in [5, 5.41) is 26.0. The Morgan fingerprint density at radius 3 is 2.46 bits per heavy atom. The fourth-order valence-electron chi connectivity index (χ4n) is 7.50. The van der Waals surface area contributed by atoms with Gasteiger partial charge in [-0.25, -0.2) is 15.0 Å². The molecule has 244 valence electrons. The molecule has 1 aliphatic carbocycles. The topological polar surface area (TPSA) is 116 Å². The molecule has 3 N–H and O–H groups in total. The van der Waals surface area contributed by atoms with E-state index in [1.165, 1.54) is 7.11 Å². The number of nitrogens with zero attached hydrogens (tertiary/aromatic N) is 3. The minimum atomic E-state index is -0.735. The first-order valence-electron chi connectivity index (χ1n) is 16.5. The minimum absolute atomic E-state index is 0.0275. The number of carbonyl (C=O) groups is 1. The number of benzene rings is 1. The van der Waals surface area contributed by atoms with Crippen molar-refractivity contribution >= 4 is 29.2 Å². The lowest BCUT2D eigenvalue weighted by Gasteiger charge is -2.17. The van der Waals surface area contributed by atoms with Crippen LogP contribution < -0.4 is 5.32 Å². The Labute approximate surface area is 281 Å². The van der Waals surface area contributed by atoms with Crippen LogP contribution in [0.1, 0.15) is 59.4 Å². The molecular formula is C40H40N4O4. The van der Waals surface area contributed by atoms with Crippen LogP contribution in [0.25, 0.3) is 6.08 Å². The van der Waals surface area contributed by atoms with Gasteiger partial charge in [0.05, 0.1) is 47.4 Å². The minimum Gasteiger partial charge on any atom is -0.511 e. The van der Waals surface area contributed by atoms with Crippen molar-refractivity contribution in [1.29, 1.82) is 0 Å². The number of carbonyl (C=O) groups excluding carboxylic acids is 1. The molecule has 1 unspecified atom stereocenters. The monoisotopic (exact) mass is 640 g/mol. The van der Waals surface area contributed by atoms with E-state index in [9.17, 15) is 15.0 Å². The molecule has 0 saturated carbocycles. The fourth-order valence-corrected chi connectivity index (χ4v) is 7.50. The van der Waals surface area contributed by atoms with Gasteiger partial charge >= 0.3 is 5.97 Å². The highest BCUT2D eigenvalue weighted by molar-refractivity contribution is 6.21. The van der Waals surface area contributed by atoms with Crippen molar-refractivity contribution in [3.8, 4) is 0 Å². The standard InChI is InChI=1S/C40H40N4O4/c1-20-26(13-12-25-10-8-7-9-11-25)33-18-32-23(4)38-35(46)16-28(40(38)44-32)39-27(14-15-36(47)48-6)21(2)30(43-39)17-31-22(3)37(24(5)45)34(42-31)19-29(20)41-33/h7-13,17-19,21,24,27,43,45-46H,14-16H2,1-6H3/b13-12-,30-17?,33-18?,34-19?,39-28?/t21-,24?,27-/m0/s1. The summed E-state index contributed by atoms with van der Waals surface area (Å²) in [6, 6.07) is 10.1. The molecule has 7 rings (SSSR count). The summed E-state index contributed by atoms with van der Waals surface area (Å²) in [5.41, 5.74) is 13.7. The van der Waals surface area contributed by atoms with Crippen LogP contribution >= 0.6 is 0 Å². The molecular weight excluding hydrogens is 600 g/mol. The van der Waals surface area contributed by atoms with E-state index in [-0.39, 0.29) is 24.2 Å². The molecule has 3 atom stereocenters. The van der Waals surface area contributed by atoms with Crippen molar-refractivity contribution in [2.45, 2.75) is 60.0 Å². The quantitative estimate of drug-likeness (QED) is 0.283. The van der Waals surface area contributed by atoms with Crippen LogP contribution in [0, 0.1) is 11.8 Å². The van der Waals surface area contributed by atoms with Gasteiger partial charge in [0.2, 0.25) is 0 Å². The van der Waals surface area contributed by atoms with Crippen LogP contribution in [0.5, 0.6) is 0 Å². The summed E-state index contributed by atoms with van der Waals surface area (Å²) in [7, 11) is 1.41. The van der Waals surface area contributed by atoms with Crippen molar-refractivity contribution in [2.75, 3.05) is 7.11 Å². The number of allylic oxidation sites excluding steroid dienone is 11. The lowest BCUT2D eigenvalue weighted by atomic mass is 9.86. The third-order valence-electron chi connectivity index (χ3n) is 10.2. The second-order valence-corrected chi connectivity index (χ2v) is 13.1. The van der Waals surface area contributed by atoms with Crippen molar-refractivity contribution in [1.82, 2.24) is 5.32 Å². The van der Waals surface area contributed by atoms with E-state index in [1.807, 2.05) is 44.2 Å². The highest BCUT2D eigenvalue weighted by Gasteiger charge is 2.41. The summed E-state index contributed by atoms with van der Waals surface area (Å²) in [6.07, 6.45) is 10.7. The molecule has 1 aromatic carbocycles. The summed E-state index contributed by atoms with van der Waals surface area (Å²) >= 11 is 0. The van der Waals surface area contributed by atoms with E-state index >= 15 is 0 Å². The van der Waals surface area contributed by atoms with E-state index in [2.05, 4.69) is 49.5 Å². The molecule has 8 nitrogen and oxygen atoms in total. The Hall–Kier alpha value is -5.08. The molecule has 5 aliphatic heterocycles. The molecule has 5 heterocycles. The largest absolute Gasteiger partial charge is 0.511 e. The first-order valence-corrected chi connectivity index (χ1v) is 16.5. The average molecular weight is 641 g/mol. The highest BCUT2D eigenvalue weighted by atomic mass is 16.5. The molecule has 6 aliphatic rings. The lowest BCUT2D eigenvalue weighted by Crippen LogP contribution is -2.16. The number of fused-ring (bicyclic) bond motifs is 5. The number of aliphatic imine (C=N–C) groups is 3. The molecule has 0 spiro atoms. The van der Waals surface area contributed by atoms with Crippen LogP contribution in [0.3, 0.4) is 0 Å². The smallest absolute Gasteiger partial charge is 0.305 e. The van der Waals surface area contributed by atoms with Crippen LogP contribution in [-0.2, 0) is 9.53 Å². The van der Waals surface area contributed by atoms with Crippen molar-refractivity contribution in [3.63, 3.8) is 0 Å². The number of aliphatic hydroxyl groups excluding tert-OH is 2. The zero-order chi connectivity index (χ0) is 33.9. The summed E-state index contributed by atoms with van der Waals surface area (Å²) in [4.78, 5) is 27.6. The number of nitrogens with one attached hydrogen (secondary N) is 1. The van der Waals surface area contributed by atoms with Crippen LogP contribution in [0.4, 0.5) is 0 Å². The Morgan fingerprint density at radius 1 is 1.00 bits per heavy atom. The summed E-state index contributed by atoms with van der Waals surface area (Å²) in [5.74, 6) is 0.0337. The van der Waals surface area contributed by atoms with Gasteiger partial charge < -0.3 is 20.3 Å². The van der Waals surface area contributed by atoms with Crippen molar-refractivity contribution < 1.29 is 19.7 Å². The lowest BCUT2D eigenvalue weighted by molar-refractivity contribution is -0.140. The first-order chi connectivity index (χ1) is 23.0. The van der Waals surface area contributed by atoms with Gasteiger partial charge in [0.15, 0.2) is 0 Å². The Kier molecular flexibility index (Phi) is 8.00. The predicted octanol–water partition coefficient (Wildman–Crippen LogP) is 7.30. The molecule has 1 aromatic rings. The molecule has 0 amide bonds. The number of rotatable bonds is 6. The van der Waals surface area contributed by atoms with Crippen molar-refractivity contribution in [2.24, 2.45) is 26.8 Å². The van der Waals surface area contributed by atoms with E-state index in [4.69, 9.17) is 19.7 Å². The second-order valence-electron chi connectivity index (χ2n) is 13.1. The van der Waals surface area contributed by atoms with Gasteiger partial charge in [-0.15, -0.1) is 0 Å². The molecule has 1 fully saturated rings. The van der Waals surface area contributed by atoms with Gasteiger partial charge in [-0.1, -0.05) is 49.4 Å². The number of aliphatic hydroxyl groups is 2. The zero-order valence-corrected chi connectivity index (χ0v) is 28.2. The zero-order valence-electron chi connectivity index (χ0n) is 28.2. The van der Waals surface area contributed by atoms with E-state index < -0.39 is 6.10 Å². The number of hydrogen-bond acceptors (Lipinski definition) is 8. The van der Waals surface area contributed by atoms with Crippen LogP contribution in [0.2, 0.25) is 0 Å². The number of ether oxygens (including phenoxy) is 1. The van der Waals surface area contributed by atoms with E-state index in [0.29, 0.717) is 24.3 Å². The van der Waals surface area contributed by atoms with Gasteiger partial charge in [0.25, 0.3) is 0 Å². The summed E-state index contributed by atoms with van der Waals surface area (Å²) < 4.78 is 4.99. The molecule has 8 heteroatoms. The van der Waals surface area contributed by atoms with Crippen LogP contribution in [0.15, 0.2) is 143 Å². The molecule has 48 heavy (non-hydrogen) atoms. The van der Waals surface area contributed by atoms with Gasteiger partial charge in [-0.05, 0) is 74.6 Å². The number of hydrogen-bond donors (Lipinski definition) is 3. The van der Waals surface area contributed by atoms with Gasteiger partial charge in [0, 0.05) is 58.4 Å². The first kappa shape index (κ1) is 31.5. The van der Waals surface area contributed by atoms with Gasteiger partial charge in [-0.2, -0.15) is 0 Å². The van der Waals surface area contributed by atoms with Crippen LogP contribution in [-0.4, -0.2) is 46.5 Å². The maximum atomic E-state index is 12.3. The molecule has 0 aromatic heterocycles. The van der Waals surface area contributed by atoms with Gasteiger partial charge in [0.1, 0.15) is 5.76 Å². The van der Waals surface area contributed by atoms with Crippen molar-refractivity contribution in [3.05, 3.63) is 133 Å². The number of esters is 1. The third kappa shape index (κ3) is 5.30. The summed E-state index contributed by atoms with van der Waals surface area (Å²) in [6.45, 7) is 9.96. The third-order valence-corrected chi connectivity index (χ3v) is 10.2. The van der Waals surface area contributed by atoms with E-state index in [1.54, 1.807) is 6.92 Å². The molecule has 8 bridgehead atoms. The SMILES string of the molecule is COC(=O)CC[C@@H]1C2=C3CC(O)=C4C3=NC(=C4C)C=C3N=C(C=C4N=C(C=C(N2)[C@H]1C)C(C)=C4C(C)O)C(C)=C3/C=C\c1ccccc1. The van der Waals surface area contributed by atoms with Gasteiger partial charge in [-0.3, -0.25) is 4.79 Å². The Bertz CT molecular complexity index is 2040. The highest BCUT2D eigenvalue weighted by Crippen LogP contribution is 2.46. The average Bonchev–Trinajstić information content (AvgIpc) is 3.82. The fraction of sp³-hybridized carbons (Fsp3) is 0.300. The Balaban J connectivity index is 1.45. The molecule has 1 saturated heterocycles. The Morgan fingerprint density at radius 2 is 1.73 bits per heavy atom. The predicted molar refractivity (Wildman–Crippen MR) is 190 cm³/mol. The maximum Gasteiger partial charge on any atom is 0.305 e. The molecule has 0 radical (unpaired) electrons. The number of methoxy groups -OCH3 is 1. The normalized spacial score (nSPS) is 23.9. The van der Waals surface area contributed by atoms with E-state index in [0.717, 1.165) is 84.5 Å². The maximum absolute atomic E-state index is 12.3. The second kappa shape index (κ2) is 12.2.